The predicted molar refractivity (Wildman–Crippen MR) is 48.0 cm³/mol. The van der Waals surface area contributed by atoms with Gasteiger partial charge in [0.1, 0.15) is 0 Å². The van der Waals surface area contributed by atoms with Crippen LogP contribution in [0.3, 0.4) is 0 Å². The second-order valence-electron chi connectivity index (χ2n) is 2.79. The van der Waals surface area contributed by atoms with Gasteiger partial charge in [0.25, 0.3) is 0 Å². The quantitative estimate of drug-likeness (QED) is 0.268. The van der Waals surface area contributed by atoms with E-state index in [9.17, 15) is 5.21 Å². The Morgan fingerprint density at radius 2 is 2.15 bits per heavy atom. The summed E-state index contributed by atoms with van der Waals surface area (Å²) in [6.45, 7) is 3.76. The van der Waals surface area contributed by atoms with E-state index in [0.29, 0.717) is 19.6 Å². The Morgan fingerprint density at radius 3 is 2.62 bits per heavy atom. The van der Waals surface area contributed by atoms with Crippen LogP contribution in [0.5, 0.6) is 0 Å². The molecule has 0 bridgehead atoms. The second-order valence-corrected chi connectivity index (χ2v) is 2.79. The minimum atomic E-state index is 0.222. The predicted octanol–water partition coefficient (Wildman–Crippen LogP) is 0.704. The van der Waals surface area contributed by atoms with Crippen LogP contribution in [0.1, 0.15) is 26.2 Å². The van der Waals surface area contributed by atoms with E-state index in [1.807, 2.05) is 6.92 Å². The summed E-state index contributed by atoms with van der Waals surface area (Å²) in [7, 11) is 0. The van der Waals surface area contributed by atoms with Gasteiger partial charge < -0.3 is 16.1 Å². The van der Waals surface area contributed by atoms with E-state index in [2.05, 4.69) is 5.28 Å². The molecule has 78 valence electrons. The van der Waals surface area contributed by atoms with Gasteiger partial charge >= 0.3 is 0 Å². The number of nitrogens with zero attached hydrogens (tertiary/aromatic N) is 3. The fourth-order valence-corrected chi connectivity index (χ4v) is 1.04. The van der Waals surface area contributed by atoms with Crippen molar-refractivity contribution in [3.63, 3.8) is 0 Å². The molecule has 0 aromatic heterocycles. The van der Waals surface area contributed by atoms with Crippen molar-refractivity contribution in [2.75, 3.05) is 19.6 Å². The molecule has 0 saturated heterocycles. The maximum atomic E-state index is 10.9. The first-order valence-electron chi connectivity index (χ1n) is 4.53. The third kappa shape index (κ3) is 5.24. The van der Waals surface area contributed by atoms with E-state index in [0.717, 1.165) is 19.3 Å². The second kappa shape index (κ2) is 7.60. The van der Waals surface area contributed by atoms with E-state index < -0.39 is 0 Å². The minimum Gasteiger partial charge on any atom is -0.569 e. The SMILES string of the molecule is CCCN(CCCCN)/[N+]([O-])=N/O. The lowest BCUT2D eigenvalue weighted by Gasteiger charge is -2.16. The molecular formula is C7H18N4O2. The molecule has 0 radical (unpaired) electrons. The highest BCUT2D eigenvalue weighted by Crippen LogP contribution is 1.97. The lowest BCUT2D eigenvalue weighted by molar-refractivity contribution is -0.709. The van der Waals surface area contributed by atoms with Gasteiger partial charge in [0, 0.05) is 0 Å². The van der Waals surface area contributed by atoms with Gasteiger partial charge in [-0.15, -0.1) is 5.01 Å². The Labute approximate surface area is 78.2 Å². The molecule has 0 fully saturated rings. The number of hydrazine groups is 1. The van der Waals surface area contributed by atoms with Crippen molar-refractivity contribution in [1.82, 2.24) is 5.01 Å². The van der Waals surface area contributed by atoms with Crippen LogP contribution in [-0.2, 0) is 0 Å². The molecule has 0 aliphatic heterocycles. The fraction of sp³-hybridized carbons (Fsp3) is 1.00. The van der Waals surface area contributed by atoms with Crippen LogP contribution in [-0.4, -0.2) is 34.8 Å². The van der Waals surface area contributed by atoms with Gasteiger partial charge in [-0.3, -0.25) is 0 Å². The van der Waals surface area contributed by atoms with Crippen LogP contribution < -0.4 is 5.73 Å². The van der Waals surface area contributed by atoms with E-state index in [1.165, 1.54) is 5.01 Å². The summed E-state index contributed by atoms with van der Waals surface area (Å²) in [5.74, 6) is 0. The maximum absolute atomic E-state index is 10.9. The van der Waals surface area contributed by atoms with Gasteiger partial charge in [-0.2, -0.15) is 0 Å². The summed E-state index contributed by atoms with van der Waals surface area (Å²) >= 11 is 0. The number of hydrogen-bond donors (Lipinski definition) is 2. The Balaban J connectivity index is 3.80. The highest BCUT2D eigenvalue weighted by Gasteiger charge is 2.10. The van der Waals surface area contributed by atoms with Gasteiger partial charge in [-0.1, -0.05) is 6.92 Å². The fourth-order valence-electron chi connectivity index (χ4n) is 1.04. The Kier molecular flexibility index (Phi) is 6.99. The van der Waals surface area contributed by atoms with Crippen LogP contribution in [0, 0.1) is 5.21 Å². The molecule has 0 saturated carbocycles. The number of rotatable bonds is 7. The first-order valence-corrected chi connectivity index (χ1v) is 4.53. The van der Waals surface area contributed by atoms with Crippen molar-refractivity contribution in [1.29, 1.82) is 0 Å². The number of nitrogens with two attached hydrogens (primary N) is 1. The van der Waals surface area contributed by atoms with Crippen molar-refractivity contribution in [2.45, 2.75) is 26.2 Å². The molecule has 0 aliphatic carbocycles. The van der Waals surface area contributed by atoms with Crippen LogP contribution in [0.2, 0.25) is 0 Å². The molecule has 0 aromatic carbocycles. The number of hydrogen-bond acceptors (Lipinski definition) is 3. The number of unbranched alkanes of at least 4 members (excludes halogenated alkanes) is 1. The van der Waals surface area contributed by atoms with Gasteiger partial charge in [0.2, 0.25) is 5.28 Å². The summed E-state index contributed by atoms with van der Waals surface area (Å²) < 4.78 is 0. The van der Waals surface area contributed by atoms with Crippen molar-refractivity contribution in [3.05, 3.63) is 5.21 Å². The summed E-state index contributed by atoms with van der Waals surface area (Å²) in [6, 6.07) is 0. The van der Waals surface area contributed by atoms with Gasteiger partial charge in [0.15, 0.2) is 0 Å². The molecule has 0 aromatic rings. The molecule has 6 heteroatoms. The average Bonchev–Trinajstić information content (AvgIpc) is 2.16. The summed E-state index contributed by atoms with van der Waals surface area (Å²) in [6.07, 6.45) is 2.56. The smallest absolute Gasteiger partial charge is 0.230 e. The van der Waals surface area contributed by atoms with Crippen LogP contribution in [0.15, 0.2) is 5.28 Å². The minimum absolute atomic E-state index is 0.222. The Morgan fingerprint density at radius 1 is 1.46 bits per heavy atom. The molecule has 0 amide bonds. The molecular weight excluding hydrogens is 172 g/mol. The van der Waals surface area contributed by atoms with E-state index in [1.54, 1.807) is 0 Å². The molecule has 0 heterocycles. The Bertz CT molecular complexity index is 151. The molecule has 3 N–H and O–H groups in total. The standard InChI is InChI=1S/C7H18N4O2/c1-2-6-10(11(13)9-12)7-4-3-5-8/h12H,2-8H2,1H3/b11-9-. The molecule has 0 spiro atoms. The van der Waals surface area contributed by atoms with E-state index >= 15 is 0 Å². The van der Waals surface area contributed by atoms with Crippen LogP contribution in [0.4, 0.5) is 0 Å². The van der Waals surface area contributed by atoms with Crippen molar-refractivity contribution in [2.24, 2.45) is 11.0 Å². The first-order chi connectivity index (χ1) is 6.26. The zero-order valence-electron chi connectivity index (χ0n) is 8.02. The van der Waals surface area contributed by atoms with Crippen molar-refractivity contribution < 1.29 is 10.2 Å². The lowest BCUT2D eigenvalue weighted by Crippen LogP contribution is -2.32. The summed E-state index contributed by atoms with van der Waals surface area (Å²) in [5, 5.41) is 23.1. The molecule has 0 atom stereocenters. The molecule has 0 unspecified atom stereocenters. The zero-order chi connectivity index (χ0) is 10.1. The lowest BCUT2D eigenvalue weighted by atomic mass is 10.3. The topological polar surface area (TPSA) is 87.9 Å². The molecule has 0 rings (SSSR count). The van der Waals surface area contributed by atoms with E-state index in [4.69, 9.17) is 10.9 Å². The van der Waals surface area contributed by atoms with Gasteiger partial charge in [-0.25, -0.2) is 0 Å². The van der Waals surface area contributed by atoms with Crippen molar-refractivity contribution >= 4 is 0 Å². The highest BCUT2D eigenvalue weighted by molar-refractivity contribution is 4.46. The summed E-state index contributed by atoms with van der Waals surface area (Å²) in [4.78, 5) is 0.222. The Hall–Kier alpha value is -1.04. The summed E-state index contributed by atoms with van der Waals surface area (Å²) in [5.41, 5.74) is 5.31. The van der Waals surface area contributed by atoms with Gasteiger partial charge in [0.05, 0.1) is 18.1 Å². The maximum Gasteiger partial charge on any atom is 0.230 e. The largest absolute Gasteiger partial charge is 0.569 e. The average molecular weight is 190 g/mol. The van der Waals surface area contributed by atoms with Crippen molar-refractivity contribution in [3.8, 4) is 0 Å². The van der Waals surface area contributed by atoms with Crippen LogP contribution in [0.25, 0.3) is 0 Å². The molecule has 0 aliphatic rings. The third-order valence-corrected chi connectivity index (χ3v) is 1.67. The highest BCUT2D eigenvalue weighted by atomic mass is 16.6. The van der Waals surface area contributed by atoms with Crippen LogP contribution >= 0.6 is 0 Å². The first kappa shape index (κ1) is 12.0. The molecule has 13 heavy (non-hydrogen) atoms. The third-order valence-electron chi connectivity index (χ3n) is 1.67. The van der Waals surface area contributed by atoms with Gasteiger partial charge in [-0.05, 0) is 25.8 Å². The monoisotopic (exact) mass is 190 g/mol. The van der Waals surface area contributed by atoms with E-state index in [-0.39, 0.29) is 4.97 Å². The zero-order valence-corrected chi connectivity index (χ0v) is 8.02. The molecule has 6 nitrogen and oxygen atoms in total. The normalized spacial score (nSPS) is 11.7.